The summed E-state index contributed by atoms with van der Waals surface area (Å²) in [6.45, 7) is 0. The Morgan fingerprint density at radius 2 is 1.05 bits per heavy atom. The summed E-state index contributed by atoms with van der Waals surface area (Å²) in [6.07, 6.45) is 4.11. The number of fused-ring (bicyclic) bond motifs is 9. The predicted octanol–water partition coefficient (Wildman–Crippen LogP) is 12.0. The van der Waals surface area contributed by atoms with Gasteiger partial charge in [-0.3, -0.25) is 9.98 Å². The number of pyridine rings is 1. The van der Waals surface area contributed by atoms with Gasteiger partial charge in [-0.2, -0.15) is 0 Å². The first-order valence-corrected chi connectivity index (χ1v) is 19.1. The third-order valence-corrected chi connectivity index (χ3v) is 11.5. The lowest BCUT2D eigenvalue weighted by atomic mass is 9.66. The molecule has 0 saturated heterocycles. The van der Waals surface area contributed by atoms with Crippen molar-refractivity contribution in [1.82, 2.24) is 10.3 Å². The molecule has 8 aromatic rings. The first-order chi connectivity index (χ1) is 27.7. The molecule has 11 rings (SSSR count). The molecule has 4 heteroatoms. The van der Waals surface area contributed by atoms with Gasteiger partial charge >= 0.3 is 0 Å². The second-order valence-electron chi connectivity index (χ2n) is 14.6. The molecule has 2 aliphatic heterocycles. The second kappa shape index (κ2) is 12.9. The van der Waals surface area contributed by atoms with E-state index in [-0.39, 0.29) is 6.04 Å². The number of aromatic nitrogens is 1. The average Bonchev–Trinajstić information content (AvgIpc) is 3.57. The molecular formula is C52H35N3O. The Labute approximate surface area is 326 Å². The van der Waals surface area contributed by atoms with Gasteiger partial charge in [-0.05, 0) is 80.9 Å². The monoisotopic (exact) mass is 717 g/mol. The number of nitrogens with zero attached hydrogens (tertiary/aromatic N) is 2. The minimum absolute atomic E-state index is 0.0860. The molecule has 1 aliphatic carbocycles. The summed E-state index contributed by atoms with van der Waals surface area (Å²) in [6, 6.07) is 66.6. The summed E-state index contributed by atoms with van der Waals surface area (Å²) in [7, 11) is 0. The molecule has 4 nitrogen and oxygen atoms in total. The molecule has 3 heterocycles. The highest BCUT2D eigenvalue weighted by Crippen LogP contribution is 2.61. The van der Waals surface area contributed by atoms with Crippen LogP contribution < -0.4 is 10.1 Å². The Kier molecular flexibility index (Phi) is 7.42. The van der Waals surface area contributed by atoms with Gasteiger partial charge in [0.2, 0.25) is 0 Å². The maximum Gasteiger partial charge on any atom is 0.133 e. The molecular weight excluding hydrogens is 683 g/mol. The van der Waals surface area contributed by atoms with E-state index >= 15 is 0 Å². The van der Waals surface area contributed by atoms with Crippen LogP contribution in [0.1, 0.15) is 45.0 Å². The zero-order valence-electron chi connectivity index (χ0n) is 30.4. The maximum absolute atomic E-state index is 6.54. The van der Waals surface area contributed by atoms with E-state index in [4.69, 9.17) is 14.7 Å². The quantitative estimate of drug-likeness (QED) is 0.193. The smallest absolute Gasteiger partial charge is 0.133 e. The summed E-state index contributed by atoms with van der Waals surface area (Å²) in [4.78, 5) is 10.2. The van der Waals surface area contributed by atoms with Crippen molar-refractivity contribution in [2.24, 2.45) is 4.99 Å². The first-order valence-electron chi connectivity index (χ1n) is 19.1. The highest BCUT2D eigenvalue weighted by atomic mass is 16.5. The summed E-state index contributed by atoms with van der Waals surface area (Å²) < 4.78 is 6.54. The number of nitrogens with one attached hydrogen (secondary N) is 1. The lowest BCUT2D eigenvalue weighted by Gasteiger charge is -2.39. The number of hydrogen-bond acceptors (Lipinski definition) is 4. The van der Waals surface area contributed by atoms with Crippen LogP contribution in [0.25, 0.3) is 39.2 Å². The third kappa shape index (κ3) is 5.07. The fraction of sp³-hybridized carbons (Fsp3) is 0.0385. The molecule has 1 unspecified atom stereocenters. The minimum Gasteiger partial charge on any atom is -0.457 e. The third-order valence-electron chi connectivity index (χ3n) is 11.5. The van der Waals surface area contributed by atoms with Gasteiger partial charge in [0.1, 0.15) is 17.3 Å². The van der Waals surface area contributed by atoms with Gasteiger partial charge < -0.3 is 10.1 Å². The van der Waals surface area contributed by atoms with Crippen molar-refractivity contribution in [3.05, 3.63) is 239 Å². The lowest BCUT2D eigenvalue weighted by Crippen LogP contribution is -2.32. The lowest BCUT2D eigenvalue weighted by molar-refractivity contribution is 0.436. The van der Waals surface area contributed by atoms with E-state index in [0.29, 0.717) is 0 Å². The number of ether oxygens (including phenoxy) is 1. The van der Waals surface area contributed by atoms with Gasteiger partial charge in [0.25, 0.3) is 0 Å². The number of rotatable bonds is 5. The zero-order valence-corrected chi connectivity index (χ0v) is 30.4. The van der Waals surface area contributed by atoms with Crippen LogP contribution in [0, 0.1) is 0 Å². The average molecular weight is 718 g/mol. The molecule has 0 bridgehead atoms. The molecule has 1 atom stereocenters. The Morgan fingerprint density at radius 1 is 0.464 bits per heavy atom. The van der Waals surface area contributed by atoms with Crippen LogP contribution in [0.4, 0.5) is 0 Å². The molecule has 264 valence electrons. The van der Waals surface area contributed by atoms with Gasteiger partial charge in [0, 0.05) is 34.1 Å². The maximum atomic E-state index is 6.54. The fourth-order valence-corrected chi connectivity index (χ4v) is 8.87. The molecule has 56 heavy (non-hydrogen) atoms. The molecule has 7 aromatic carbocycles. The normalized spacial score (nSPS) is 15.6. The molecule has 1 spiro atoms. The molecule has 1 aromatic heterocycles. The van der Waals surface area contributed by atoms with Crippen LogP contribution in [0.2, 0.25) is 0 Å². The van der Waals surface area contributed by atoms with Crippen molar-refractivity contribution in [1.29, 1.82) is 0 Å². The van der Waals surface area contributed by atoms with Gasteiger partial charge in [-0.25, -0.2) is 0 Å². The summed E-state index contributed by atoms with van der Waals surface area (Å²) >= 11 is 0. The minimum atomic E-state index is -0.557. The predicted molar refractivity (Wildman–Crippen MR) is 226 cm³/mol. The number of aliphatic imine (C=N–C) groups is 1. The Morgan fingerprint density at radius 3 is 1.80 bits per heavy atom. The zero-order chi connectivity index (χ0) is 37.1. The van der Waals surface area contributed by atoms with Crippen LogP contribution in [0.3, 0.4) is 0 Å². The Hall–Kier alpha value is -7.30. The topological polar surface area (TPSA) is 46.5 Å². The van der Waals surface area contributed by atoms with E-state index < -0.39 is 5.41 Å². The molecule has 0 fully saturated rings. The molecule has 3 aliphatic rings. The van der Waals surface area contributed by atoms with Crippen LogP contribution in [-0.4, -0.2) is 10.8 Å². The van der Waals surface area contributed by atoms with Gasteiger partial charge in [-0.1, -0.05) is 158 Å². The van der Waals surface area contributed by atoms with Crippen molar-refractivity contribution in [3.63, 3.8) is 0 Å². The standard InChI is InChI=1S/C52H35N3O/c1-3-13-35(14-4-1)46-33-47(36-15-5-2-6-16-36)55-51(54-46)37-26-24-34(25-27-37)38-17-11-18-39(31-38)40-28-29-41-45(32-40)52(44-21-12-30-53-50(41)44)42-19-7-9-22-48(42)56-49-23-10-8-20-43(49)52/h1-33,46H,(H,54,55). The van der Waals surface area contributed by atoms with Crippen molar-refractivity contribution >= 4 is 11.5 Å². The van der Waals surface area contributed by atoms with Gasteiger partial charge in [0.05, 0.1) is 17.2 Å². The molecule has 1 N–H and O–H groups in total. The number of benzene rings is 7. The van der Waals surface area contributed by atoms with E-state index in [1.54, 1.807) is 0 Å². The van der Waals surface area contributed by atoms with E-state index in [1.807, 2.05) is 18.3 Å². The van der Waals surface area contributed by atoms with Crippen molar-refractivity contribution < 1.29 is 4.74 Å². The van der Waals surface area contributed by atoms with Crippen molar-refractivity contribution in [2.75, 3.05) is 0 Å². The highest BCUT2D eigenvalue weighted by molar-refractivity contribution is 6.05. The van der Waals surface area contributed by atoms with E-state index in [1.165, 1.54) is 11.1 Å². The Balaban J connectivity index is 0.968. The fourth-order valence-electron chi connectivity index (χ4n) is 8.87. The van der Waals surface area contributed by atoms with Crippen LogP contribution in [0.5, 0.6) is 11.5 Å². The second-order valence-corrected chi connectivity index (χ2v) is 14.6. The molecule has 0 radical (unpaired) electrons. The summed E-state index contributed by atoms with van der Waals surface area (Å²) in [5.41, 5.74) is 15.3. The van der Waals surface area contributed by atoms with Crippen LogP contribution in [-0.2, 0) is 5.41 Å². The molecule has 0 saturated carbocycles. The van der Waals surface area contributed by atoms with Gasteiger partial charge in [-0.15, -0.1) is 0 Å². The van der Waals surface area contributed by atoms with Crippen LogP contribution in [0.15, 0.2) is 205 Å². The SMILES string of the molecule is C1=C(c2ccccc2)NC(c2ccc(-c3cccc(-c4ccc5c(c4)C4(c6ccccc6Oc6ccccc64)c4cccnc4-5)c3)cc2)=NC1c1ccccc1. The van der Waals surface area contributed by atoms with Crippen molar-refractivity contribution in [2.45, 2.75) is 11.5 Å². The first kappa shape index (κ1) is 32.2. The Bertz CT molecular complexity index is 2810. The van der Waals surface area contributed by atoms with Crippen molar-refractivity contribution in [3.8, 4) is 45.0 Å². The molecule has 0 amide bonds. The summed E-state index contributed by atoms with van der Waals surface area (Å²) in [5, 5.41) is 3.64. The summed E-state index contributed by atoms with van der Waals surface area (Å²) in [5.74, 6) is 2.61. The van der Waals surface area contributed by atoms with E-state index in [9.17, 15) is 0 Å². The van der Waals surface area contributed by atoms with Gasteiger partial charge in [0.15, 0.2) is 0 Å². The van der Waals surface area contributed by atoms with E-state index in [0.717, 1.165) is 84.4 Å². The highest BCUT2D eigenvalue weighted by Gasteiger charge is 2.51. The number of para-hydroxylation sites is 2. The number of amidine groups is 1. The number of hydrogen-bond donors (Lipinski definition) is 1. The van der Waals surface area contributed by atoms with Crippen LogP contribution >= 0.6 is 0 Å². The largest absolute Gasteiger partial charge is 0.457 e. The van der Waals surface area contributed by atoms with E-state index in [2.05, 4.69) is 187 Å².